The van der Waals surface area contributed by atoms with Crippen LogP contribution in [0.5, 0.6) is 0 Å². The second-order valence-electron chi connectivity index (χ2n) is 9.76. The number of carbonyl (C=O) groups excluding carboxylic acids is 1. The maximum Gasteiger partial charge on any atom is 0.223 e. The number of benzene rings is 2. The third-order valence-electron chi connectivity index (χ3n) is 7.77. The zero-order valence-electron chi connectivity index (χ0n) is 17.9. The van der Waals surface area contributed by atoms with Gasteiger partial charge in [-0.15, -0.1) is 0 Å². The predicted molar refractivity (Wildman–Crippen MR) is 121 cm³/mol. The molecule has 4 heterocycles. The van der Waals surface area contributed by atoms with Gasteiger partial charge in [-0.3, -0.25) is 14.8 Å². The quantitative estimate of drug-likeness (QED) is 0.702. The Morgan fingerprint density at radius 1 is 1.03 bits per heavy atom. The number of aromatic amines is 1. The molecule has 160 valence electrons. The van der Waals surface area contributed by atoms with Crippen molar-refractivity contribution in [2.45, 2.75) is 50.7 Å². The Hall–Kier alpha value is -2.66. The van der Waals surface area contributed by atoms with E-state index in [9.17, 15) is 4.79 Å². The monoisotopic (exact) mass is 414 g/mol. The lowest BCUT2D eigenvalue weighted by molar-refractivity contribution is -0.152. The summed E-state index contributed by atoms with van der Waals surface area (Å²) in [6.45, 7) is 3.15. The number of nitrogens with one attached hydrogen (secondary N) is 1. The van der Waals surface area contributed by atoms with E-state index in [2.05, 4.69) is 68.5 Å². The summed E-state index contributed by atoms with van der Waals surface area (Å²) in [6, 6.07) is 18.1. The maximum absolute atomic E-state index is 13.0. The third-order valence-corrected chi connectivity index (χ3v) is 7.77. The molecule has 5 nitrogen and oxygen atoms in total. The predicted octanol–water partition coefficient (Wildman–Crippen LogP) is 4.01. The highest BCUT2D eigenvalue weighted by atomic mass is 16.2. The van der Waals surface area contributed by atoms with Crippen LogP contribution in [-0.2, 0) is 17.8 Å². The normalized spacial score (nSPS) is 28.6. The minimum absolute atomic E-state index is 0.328. The van der Waals surface area contributed by atoms with E-state index in [0.29, 0.717) is 29.8 Å². The van der Waals surface area contributed by atoms with Gasteiger partial charge in [-0.1, -0.05) is 42.5 Å². The Morgan fingerprint density at radius 3 is 2.81 bits per heavy atom. The fourth-order valence-corrected chi connectivity index (χ4v) is 6.46. The minimum Gasteiger partial charge on any atom is -0.336 e. The van der Waals surface area contributed by atoms with E-state index >= 15 is 0 Å². The van der Waals surface area contributed by atoms with E-state index in [1.54, 1.807) is 0 Å². The molecule has 4 atom stereocenters. The first-order valence-electron chi connectivity index (χ1n) is 11.7. The fourth-order valence-electron chi connectivity index (χ4n) is 6.46. The van der Waals surface area contributed by atoms with Gasteiger partial charge in [-0.2, -0.15) is 5.10 Å². The van der Waals surface area contributed by atoms with E-state index in [0.717, 1.165) is 44.4 Å². The van der Waals surface area contributed by atoms with Crippen molar-refractivity contribution in [2.24, 2.45) is 11.8 Å². The molecule has 6 rings (SSSR count). The number of H-pyrrole nitrogens is 1. The minimum atomic E-state index is 0.328. The second kappa shape index (κ2) is 7.79. The van der Waals surface area contributed by atoms with Crippen LogP contribution in [-0.4, -0.2) is 51.1 Å². The number of carbonyl (C=O) groups is 1. The molecule has 1 aromatic heterocycles. The van der Waals surface area contributed by atoms with Crippen molar-refractivity contribution in [1.29, 1.82) is 0 Å². The highest BCUT2D eigenvalue weighted by Gasteiger charge is 2.49. The topological polar surface area (TPSA) is 52.2 Å². The highest BCUT2D eigenvalue weighted by Crippen LogP contribution is 2.42. The summed E-state index contributed by atoms with van der Waals surface area (Å²) < 4.78 is 0. The zero-order valence-corrected chi connectivity index (χ0v) is 17.9. The number of hydrogen-bond acceptors (Lipinski definition) is 3. The molecule has 5 heteroatoms. The summed E-state index contributed by atoms with van der Waals surface area (Å²) in [7, 11) is 0. The van der Waals surface area contributed by atoms with Crippen LogP contribution in [0, 0.1) is 11.8 Å². The Labute approximate surface area is 183 Å². The van der Waals surface area contributed by atoms with Crippen LogP contribution >= 0.6 is 0 Å². The van der Waals surface area contributed by atoms with Gasteiger partial charge >= 0.3 is 0 Å². The number of rotatable bonds is 4. The summed E-state index contributed by atoms with van der Waals surface area (Å²) in [5, 5.41) is 8.43. The smallest absolute Gasteiger partial charge is 0.223 e. The molecular weight excluding hydrogens is 384 g/mol. The summed E-state index contributed by atoms with van der Waals surface area (Å²) >= 11 is 0. The fraction of sp³-hybridized carbons (Fsp3) is 0.462. The number of aromatic nitrogens is 2. The average Bonchev–Trinajstić information content (AvgIpc) is 3.25. The van der Waals surface area contributed by atoms with E-state index in [4.69, 9.17) is 0 Å². The lowest BCUT2D eigenvalue weighted by atomic mass is 9.70. The summed E-state index contributed by atoms with van der Waals surface area (Å²) in [6.07, 6.45) is 7.08. The lowest BCUT2D eigenvalue weighted by Gasteiger charge is -2.57. The van der Waals surface area contributed by atoms with Crippen LogP contribution in [0.25, 0.3) is 10.9 Å². The van der Waals surface area contributed by atoms with Gasteiger partial charge < -0.3 is 4.90 Å². The van der Waals surface area contributed by atoms with Gasteiger partial charge in [-0.25, -0.2) is 0 Å². The van der Waals surface area contributed by atoms with E-state index < -0.39 is 0 Å². The van der Waals surface area contributed by atoms with Crippen molar-refractivity contribution in [1.82, 2.24) is 20.0 Å². The molecule has 3 aliphatic heterocycles. The zero-order chi connectivity index (χ0) is 20.8. The van der Waals surface area contributed by atoms with Crippen LogP contribution in [0.2, 0.25) is 0 Å². The number of piperidine rings is 3. The Balaban J connectivity index is 1.27. The van der Waals surface area contributed by atoms with Crippen LogP contribution in [0.15, 0.2) is 54.7 Å². The van der Waals surface area contributed by atoms with Crippen molar-refractivity contribution in [3.63, 3.8) is 0 Å². The molecular formula is C26H30N4O. The molecule has 3 saturated heterocycles. The third kappa shape index (κ3) is 3.55. The maximum atomic E-state index is 13.0. The molecule has 2 bridgehead atoms. The Bertz CT molecular complexity index is 1080. The van der Waals surface area contributed by atoms with Crippen LogP contribution in [0.3, 0.4) is 0 Å². The molecule has 31 heavy (non-hydrogen) atoms. The van der Waals surface area contributed by atoms with Crippen LogP contribution < -0.4 is 0 Å². The van der Waals surface area contributed by atoms with Gasteiger partial charge in [0.15, 0.2) is 0 Å². The number of nitrogens with zero attached hydrogens (tertiary/aromatic N) is 3. The van der Waals surface area contributed by atoms with Crippen molar-refractivity contribution < 1.29 is 4.79 Å². The number of likely N-dealkylation sites (tertiary alicyclic amines) is 1. The van der Waals surface area contributed by atoms with Gasteiger partial charge in [0.2, 0.25) is 5.91 Å². The first-order valence-corrected chi connectivity index (χ1v) is 11.7. The van der Waals surface area contributed by atoms with E-state index in [-0.39, 0.29) is 0 Å². The van der Waals surface area contributed by atoms with Gasteiger partial charge in [-0.05, 0) is 54.7 Å². The van der Waals surface area contributed by atoms with E-state index in [1.807, 2.05) is 6.20 Å². The van der Waals surface area contributed by atoms with Gasteiger partial charge in [0, 0.05) is 43.5 Å². The van der Waals surface area contributed by atoms with Gasteiger partial charge in [0.05, 0.1) is 11.7 Å². The molecule has 0 radical (unpaired) electrons. The van der Waals surface area contributed by atoms with Crippen molar-refractivity contribution >= 4 is 16.8 Å². The van der Waals surface area contributed by atoms with Crippen LogP contribution in [0.1, 0.15) is 36.8 Å². The second-order valence-corrected chi connectivity index (χ2v) is 9.76. The Kier molecular flexibility index (Phi) is 4.79. The summed E-state index contributed by atoms with van der Waals surface area (Å²) in [5.41, 5.74) is 3.80. The molecule has 3 fully saturated rings. The number of fused-ring (bicyclic) bond motifs is 5. The first-order chi connectivity index (χ1) is 15.2. The Morgan fingerprint density at radius 2 is 1.90 bits per heavy atom. The highest BCUT2D eigenvalue weighted by molar-refractivity contribution is 5.78. The molecule has 0 aliphatic carbocycles. The molecule has 0 unspecified atom stereocenters. The first kappa shape index (κ1) is 19.1. The van der Waals surface area contributed by atoms with Crippen molar-refractivity contribution in [3.8, 4) is 0 Å². The molecule has 1 N–H and O–H groups in total. The number of hydrogen-bond donors (Lipinski definition) is 1. The van der Waals surface area contributed by atoms with Gasteiger partial charge in [0.1, 0.15) is 0 Å². The largest absolute Gasteiger partial charge is 0.336 e. The molecule has 3 aliphatic rings. The molecule has 2 aromatic carbocycles. The summed E-state index contributed by atoms with van der Waals surface area (Å²) in [4.78, 5) is 18.0. The average molecular weight is 415 g/mol. The SMILES string of the molecule is O=C1CCC[C@H]2[C@@H]3C[C@@H](CN(Cc4ccc5cn[nH]c5c4)C3)[C@H](Cc3ccccc3)N12. The molecule has 3 aromatic rings. The summed E-state index contributed by atoms with van der Waals surface area (Å²) in [5.74, 6) is 1.55. The molecule has 1 amide bonds. The van der Waals surface area contributed by atoms with Gasteiger partial charge in [0.25, 0.3) is 0 Å². The molecule has 0 spiro atoms. The van der Waals surface area contributed by atoms with Crippen molar-refractivity contribution in [2.75, 3.05) is 13.1 Å². The van der Waals surface area contributed by atoms with Crippen LogP contribution in [0.4, 0.5) is 0 Å². The van der Waals surface area contributed by atoms with Crippen molar-refractivity contribution in [3.05, 3.63) is 65.9 Å². The lowest BCUT2D eigenvalue weighted by Crippen LogP contribution is -2.65. The standard InChI is InChI=1S/C26H30N4O/c31-26-8-4-7-24-21-13-22(25(30(24)26)12-18-5-2-1-3-6-18)17-29(16-21)15-19-9-10-20-14-27-28-23(20)11-19/h1-3,5-6,9-11,14,21-22,24-25H,4,7-8,12-13,15-17H2,(H,27,28)/t21-,22+,24+,25+/m1/s1. The van der Waals surface area contributed by atoms with E-state index in [1.165, 1.54) is 29.4 Å². The molecule has 0 saturated carbocycles. The number of amides is 1.